The van der Waals surface area contributed by atoms with E-state index in [-0.39, 0.29) is 23.7 Å². The van der Waals surface area contributed by atoms with Gasteiger partial charge in [-0.2, -0.15) is 5.10 Å². The molecule has 2 aromatic rings. The Bertz CT molecular complexity index is 835. The van der Waals surface area contributed by atoms with Gasteiger partial charge in [-0.05, 0) is 19.8 Å². The molecule has 0 aromatic carbocycles. The lowest BCUT2D eigenvalue weighted by Crippen LogP contribution is -2.56. The third-order valence-corrected chi connectivity index (χ3v) is 5.20. The Labute approximate surface area is 162 Å². The van der Waals surface area contributed by atoms with Crippen LogP contribution in [0.2, 0.25) is 0 Å². The lowest BCUT2D eigenvalue weighted by Gasteiger charge is -2.42. The standard InChI is InChI=1S/C18H23N7O3/c1-2-28-18(27)13-4-3-5-23(7-13)17(26)14-8-24(9-14)15-6-16(21-11-20-15)25-12-19-10-22-25/h6,10-14H,2-5,7-9H2,1H3. The molecule has 2 saturated heterocycles. The van der Waals surface area contributed by atoms with Crippen LogP contribution in [0.4, 0.5) is 5.82 Å². The van der Waals surface area contributed by atoms with Gasteiger partial charge in [0.2, 0.25) is 5.91 Å². The molecule has 2 aromatic heterocycles. The number of piperidine rings is 1. The van der Waals surface area contributed by atoms with E-state index in [9.17, 15) is 9.59 Å². The first-order valence-electron chi connectivity index (χ1n) is 9.53. The summed E-state index contributed by atoms with van der Waals surface area (Å²) in [4.78, 5) is 41.1. The van der Waals surface area contributed by atoms with E-state index in [0.717, 1.165) is 18.7 Å². The summed E-state index contributed by atoms with van der Waals surface area (Å²) in [5.41, 5.74) is 0. The van der Waals surface area contributed by atoms with Gasteiger partial charge >= 0.3 is 5.97 Å². The summed E-state index contributed by atoms with van der Waals surface area (Å²) in [5.74, 6) is 1.01. The Hall–Kier alpha value is -3.04. The molecule has 1 unspecified atom stereocenters. The summed E-state index contributed by atoms with van der Waals surface area (Å²) in [7, 11) is 0. The van der Waals surface area contributed by atoms with Crippen LogP contribution < -0.4 is 4.90 Å². The van der Waals surface area contributed by atoms with E-state index >= 15 is 0 Å². The maximum Gasteiger partial charge on any atom is 0.310 e. The fourth-order valence-corrected chi connectivity index (χ4v) is 3.67. The molecule has 1 atom stereocenters. The van der Waals surface area contributed by atoms with E-state index in [4.69, 9.17) is 4.74 Å². The number of aromatic nitrogens is 5. The average molecular weight is 385 g/mol. The number of nitrogens with zero attached hydrogens (tertiary/aromatic N) is 7. The van der Waals surface area contributed by atoms with E-state index in [0.29, 0.717) is 38.6 Å². The first-order chi connectivity index (χ1) is 13.7. The van der Waals surface area contributed by atoms with Crippen molar-refractivity contribution in [2.45, 2.75) is 19.8 Å². The van der Waals surface area contributed by atoms with Crippen LogP contribution in [0.3, 0.4) is 0 Å². The van der Waals surface area contributed by atoms with Gasteiger partial charge in [-0.25, -0.2) is 19.6 Å². The molecule has 0 aliphatic carbocycles. The molecule has 4 rings (SSSR count). The van der Waals surface area contributed by atoms with Crippen LogP contribution in [0.1, 0.15) is 19.8 Å². The number of hydrogen-bond acceptors (Lipinski definition) is 8. The largest absolute Gasteiger partial charge is 0.466 e. The van der Waals surface area contributed by atoms with Crippen LogP contribution in [-0.4, -0.2) is 74.3 Å². The topological polar surface area (TPSA) is 106 Å². The molecule has 2 aliphatic rings. The van der Waals surface area contributed by atoms with Gasteiger partial charge in [-0.15, -0.1) is 0 Å². The molecule has 0 spiro atoms. The van der Waals surface area contributed by atoms with Crippen LogP contribution in [0, 0.1) is 11.8 Å². The van der Waals surface area contributed by atoms with Gasteiger partial charge in [0.1, 0.15) is 24.8 Å². The Morgan fingerprint density at radius 1 is 1.14 bits per heavy atom. The molecule has 148 valence electrons. The smallest absolute Gasteiger partial charge is 0.310 e. The number of carbonyl (C=O) groups is 2. The third-order valence-electron chi connectivity index (χ3n) is 5.20. The number of anilines is 1. The highest BCUT2D eigenvalue weighted by atomic mass is 16.5. The van der Waals surface area contributed by atoms with Crippen molar-refractivity contribution in [2.24, 2.45) is 11.8 Å². The first kappa shape index (κ1) is 18.3. The van der Waals surface area contributed by atoms with Gasteiger partial charge in [0, 0.05) is 32.2 Å². The summed E-state index contributed by atoms with van der Waals surface area (Å²) < 4.78 is 6.68. The van der Waals surface area contributed by atoms with Gasteiger partial charge < -0.3 is 14.5 Å². The predicted octanol–water partition coefficient (Wildman–Crippen LogP) is 0.295. The summed E-state index contributed by atoms with van der Waals surface area (Å²) in [6, 6.07) is 1.83. The maximum atomic E-state index is 12.8. The van der Waals surface area contributed by atoms with E-state index in [1.807, 2.05) is 15.9 Å². The van der Waals surface area contributed by atoms with Crippen molar-refractivity contribution in [2.75, 3.05) is 37.7 Å². The SMILES string of the molecule is CCOC(=O)C1CCCN(C(=O)C2CN(c3cc(-n4cncn4)ncn3)C2)C1. The van der Waals surface area contributed by atoms with Gasteiger partial charge in [0.15, 0.2) is 5.82 Å². The zero-order chi connectivity index (χ0) is 19.5. The van der Waals surface area contributed by atoms with Gasteiger partial charge in [-0.1, -0.05) is 0 Å². The van der Waals surface area contributed by atoms with Gasteiger partial charge in [0.05, 0.1) is 18.4 Å². The Morgan fingerprint density at radius 2 is 1.96 bits per heavy atom. The minimum absolute atomic E-state index is 0.0780. The molecule has 10 heteroatoms. The van der Waals surface area contributed by atoms with Crippen LogP contribution in [-0.2, 0) is 14.3 Å². The van der Waals surface area contributed by atoms with E-state index in [2.05, 4.69) is 20.1 Å². The monoisotopic (exact) mass is 385 g/mol. The Balaban J connectivity index is 1.34. The van der Waals surface area contributed by atoms with E-state index in [1.54, 1.807) is 17.9 Å². The summed E-state index contributed by atoms with van der Waals surface area (Å²) in [5, 5.41) is 4.07. The molecule has 1 amide bonds. The highest BCUT2D eigenvalue weighted by molar-refractivity contribution is 5.83. The van der Waals surface area contributed by atoms with Crippen molar-refractivity contribution >= 4 is 17.7 Å². The highest BCUT2D eigenvalue weighted by Gasteiger charge is 2.38. The number of carbonyl (C=O) groups excluding carboxylic acids is 2. The zero-order valence-electron chi connectivity index (χ0n) is 15.8. The quantitative estimate of drug-likeness (QED) is 0.677. The Kier molecular flexibility index (Phi) is 5.18. The van der Waals surface area contributed by atoms with Crippen LogP contribution in [0.25, 0.3) is 5.82 Å². The van der Waals surface area contributed by atoms with Gasteiger partial charge in [-0.3, -0.25) is 9.59 Å². The molecular formula is C18H23N7O3. The van der Waals surface area contributed by atoms with Crippen molar-refractivity contribution in [1.82, 2.24) is 29.6 Å². The van der Waals surface area contributed by atoms with Crippen LogP contribution in [0.15, 0.2) is 25.0 Å². The molecular weight excluding hydrogens is 362 g/mol. The fourth-order valence-electron chi connectivity index (χ4n) is 3.67. The predicted molar refractivity (Wildman–Crippen MR) is 98.6 cm³/mol. The number of rotatable bonds is 5. The Morgan fingerprint density at radius 3 is 2.71 bits per heavy atom. The molecule has 28 heavy (non-hydrogen) atoms. The number of hydrogen-bond donors (Lipinski definition) is 0. The number of amides is 1. The molecule has 0 saturated carbocycles. The second kappa shape index (κ2) is 7.91. The summed E-state index contributed by atoms with van der Waals surface area (Å²) in [6.07, 6.45) is 6.12. The number of likely N-dealkylation sites (tertiary alicyclic amines) is 1. The minimum Gasteiger partial charge on any atom is -0.466 e. The van der Waals surface area contributed by atoms with E-state index in [1.165, 1.54) is 12.7 Å². The van der Waals surface area contributed by atoms with E-state index < -0.39 is 0 Å². The highest BCUT2D eigenvalue weighted by Crippen LogP contribution is 2.27. The van der Waals surface area contributed by atoms with Crippen LogP contribution in [0.5, 0.6) is 0 Å². The molecule has 0 N–H and O–H groups in total. The lowest BCUT2D eigenvalue weighted by atomic mass is 9.93. The first-order valence-corrected chi connectivity index (χ1v) is 9.53. The van der Waals surface area contributed by atoms with Crippen LogP contribution >= 0.6 is 0 Å². The number of esters is 1. The minimum atomic E-state index is -0.207. The molecule has 0 bridgehead atoms. The third kappa shape index (κ3) is 3.67. The van der Waals surface area contributed by atoms with Gasteiger partial charge in [0.25, 0.3) is 0 Å². The molecule has 10 nitrogen and oxygen atoms in total. The fraction of sp³-hybridized carbons (Fsp3) is 0.556. The van der Waals surface area contributed by atoms with Crippen molar-refractivity contribution in [3.63, 3.8) is 0 Å². The van der Waals surface area contributed by atoms with Crippen molar-refractivity contribution in [3.8, 4) is 5.82 Å². The zero-order valence-corrected chi connectivity index (χ0v) is 15.8. The van der Waals surface area contributed by atoms with Crippen molar-refractivity contribution in [3.05, 3.63) is 25.0 Å². The molecule has 0 radical (unpaired) electrons. The second-order valence-electron chi connectivity index (χ2n) is 7.05. The summed E-state index contributed by atoms with van der Waals surface area (Å²) >= 11 is 0. The molecule has 4 heterocycles. The lowest BCUT2D eigenvalue weighted by molar-refractivity contribution is -0.152. The maximum absolute atomic E-state index is 12.8. The van der Waals surface area contributed by atoms with Crippen molar-refractivity contribution in [1.29, 1.82) is 0 Å². The van der Waals surface area contributed by atoms with Crippen molar-refractivity contribution < 1.29 is 14.3 Å². The molecule has 2 aliphatic heterocycles. The average Bonchev–Trinajstić information content (AvgIpc) is 3.22. The molecule has 2 fully saturated rings. The summed E-state index contributed by atoms with van der Waals surface area (Å²) in [6.45, 7) is 4.54. The normalized spacial score (nSPS) is 20.0. The number of ether oxygens (including phenoxy) is 1. The second-order valence-corrected chi connectivity index (χ2v) is 7.05.